The Balaban J connectivity index is 2.50. The zero-order valence-corrected chi connectivity index (χ0v) is 8.44. The minimum atomic E-state index is -0.633. The fraction of sp³-hybridized carbons (Fsp3) is 0.273. The number of hydrogen-bond acceptors (Lipinski definition) is 4. The van der Waals surface area contributed by atoms with Gasteiger partial charge in [-0.05, 0) is 26.0 Å². The summed E-state index contributed by atoms with van der Waals surface area (Å²) in [7, 11) is 0. The zero-order valence-electron chi connectivity index (χ0n) is 8.44. The van der Waals surface area contributed by atoms with Crippen molar-refractivity contribution in [2.75, 3.05) is 0 Å². The van der Waals surface area contributed by atoms with Gasteiger partial charge in [0.15, 0.2) is 0 Å². The number of cyclic esters (lactones) is 2. The topological polar surface area (TPSA) is 52.6 Å². The number of ether oxygens (including phenoxy) is 2. The van der Waals surface area contributed by atoms with E-state index in [9.17, 15) is 9.59 Å². The van der Waals surface area contributed by atoms with E-state index in [-0.39, 0.29) is 17.2 Å². The number of hydrogen-bond donors (Lipinski definition) is 0. The molecule has 0 saturated heterocycles. The normalized spacial score (nSPS) is 14.1. The lowest BCUT2D eigenvalue weighted by Gasteiger charge is -2.10. The van der Waals surface area contributed by atoms with Crippen molar-refractivity contribution in [3.05, 3.63) is 29.3 Å². The number of carbonyl (C=O) groups is 2. The lowest BCUT2D eigenvalue weighted by molar-refractivity contribution is 0.0442. The fourth-order valence-corrected chi connectivity index (χ4v) is 1.45. The Bertz CT molecular complexity index is 434. The summed E-state index contributed by atoms with van der Waals surface area (Å²) in [4.78, 5) is 22.6. The first kappa shape index (κ1) is 9.71. The highest BCUT2D eigenvalue weighted by molar-refractivity contribution is 6.16. The van der Waals surface area contributed by atoms with Crippen LogP contribution in [0.15, 0.2) is 18.2 Å². The molecule has 4 heteroatoms. The van der Waals surface area contributed by atoms with Gasteiger partial charge in [0.1, 0.15) is 11.3 Å². The molecule has 15 heavy (non-hydrogen) atoms. The summed E-state index contributed by atoms with van der Waals surface area (Å²) in [5, 5.41) is 0. The number of rotatable bonds is 2. The largest absolute Gasteiger partial charge is 0.490 e. The van der Waals surface area contributed by atoms with Gasteiger partial charge >= 0.3 is 11.9 Å². The molecule has 2 rings (SSSR count). The molecule has 0 radical (unpaired) electrons. The summed E-state index contributed by atoms with van der Waals surface area (Å²) in [6.07, 6.45) is -0.0556. The van der Waals surface area contributed by atoms with Gasteiger partial charge in [-0.25, -0.2) is 9.59 Å². The van der Waals surface area contributed by atoms with Crippen LogP contribution in [0.3, 0.4) is 0 Å². The SMILES string of the molecule is CC(C)Oc1cccc2c1C(=O)OC2=O. The quantitative estimate of drug-likeness (QED) is 0.546. The molecule has 0 amide bonds. The maximum atomic E-state index is 11.4. The van der Waals surface area contributed by atoms with E-state index in [0.717, 1.165) is 0 Å². The van der Waals surface area contributed by atoms with Crippen LogP contribution in [0, 0.1) is 0 Å². The number of esters is 2. The van der Waals surface area contributed by atoms with Crippen molar-refractivity contribution >= 4 is 11.9 Å². The van der Waals surface area contributed by atoms with Crippen molar-refractivity contribution in [3.8, 4) is 5.75 Å². The molecule has 0 aromatic heterocycles. The maximum Gasteiger partial charge on any atom is 0.350 e. The van der Waals surface area contributed by atoms with Gasteiger partial charge < -0.3 is 9.47 Å². The van der Waals surface area contributed by atoms with Crippen molar-refractivity contribution in [2.45, 2.75) is 20.0 Å². The Morgan fingerprint density at radius 3 is 2.60 bits per heavy atom. The first-order valence-corrected chi connectivity index (χ1v) is 4.66. The Morgan fingerprint density at radius 2 is 1.93 bits per heavy atom. The van der Waals surface area contributed by atoms with E-state index in [0.29, 0.717) is 5.75 Å². The van der Waals surface area contributed by atoms with Gasteiger partial charge in [0, 0.05) is 0 Å². The van der Waals surface area contributed by atoms with Gasteiger partial charge in [-0.3, -0.25) is 0 Å². The fourth-order valence-electron chi connectivity index (χ4n) is 1.45. The molecule has 0 saturated carbocycles. The van der Waals surface area contributed by atoms with Crippen LogP contribution < -0.4 is 4.74 Å². The van der Waals surface area contributed by atoms with E-state index in [2.05, 4.69) is 4.74 Å². The Kier molecular flexibility index (Phi) is 2.19. The van der Waals surface area contributed by atoms with E-state index < -0.39 is 11.9 Å². The second-order valence-electron chi connectivity index (χ2n) is 3.52. The Labute approximate surface area is 86.8 Å². The summed E-state index contributed by atoms with van der Waals surface area (Å²) in [6.45, 7) is 3.70. The lowest BCUT2D eigenvalue weighted by atomic mass is 10.1. The summed E-state index contributed by atoms with van der Waals surface area (Å²) in [5.41, 5.74) is 0.509. The molecule has 0 fully saturated rings. The van der Waals surface area contributed by atoms with Gasteiger partial charge in [-0.15, -0.1) is 0 Å². The first-order chi connectivity index (χ1) is 7.09. The second kappa shape index (κ2) is 3.38. The molecule has 78 valence electrons. The van der Waals surface area contributed by atoms with Crippen LogP contribution in [-0.4, -0.2) is 18.0 Å². The minimum absolute atomic E-state index is 0.0556. The predicted molar refractivity (Wildman–Crippen MR) is 52.0 cm³/mol. The predicted octanol–water partition coefficient (Wildman–Crippen LogP) is 1.78. The van der Waals surface area contributed by atoms with Crippen LogP contribution in [0.5, 0.6) is 5.75 Å². The maximum absolute atomic E-state index is 11.4. The second-order valence-corrected chi connectivity index (χ2v) is 3.52. The molecule has 1 heterocycles. The van der Waals surface area contributed by atoms with E-state index in [4.69, 9.17) is 4.74 Å². The Hall–Kier alpha value is -1.84. The molecular weight excluding hydrogens is 196 g/mol. The van der Waals surface area contributed by atoms with Crippen LogP contribution >= 0.6 is 0 Å². The highest BCUT2D eigenvalue weighted by Gasteiger charge is 2.33. The van der Waals surface area contributed by atoms with Gasteiger partial charge in [0.2, 0.25) is 0 Å². The third-order valence-electron chi connectivity index (χ3n) is 2.00. The van der Waals surface area contributed by atoms with Crippen molar-refractivity contribution in [3.63, 3.8) is 0 Å². The van der Waals surface area contributed by atoms with E-state index in [1.807, 2.05) is 13.8 Å². The molecule has 0 unspecified atom stereocenters. The number of fused-ring (bicyclic) bond motifs is 1. The highest BCUT2D eigenvalue weighted by atomic mass is 16.6. The third-order valence-corrected chi connectivity index (χ3v) is 2.00. The molecule has 1 aromatic rings. The molecule has 1 aliphatic rings. The van der Waals surface area contributed by atoms with Crippen LogP contribution in [-0.2, 0) is 4.74 Å². The standard InChI is InChI=1S/C11H10O4/c1-6(2)14-8-5-3-4-7-9(8)11(13)15-10(7)12/h3-6H,1-2H3. The molecule has 0 N–H and O–H groups in total. The molecule has 0 aliphatic carbocycles. The number of benzene rings is 1. The van der Waals surface area contributed by atoms with Crippen LogP contribution in [0.4, 0.5) is 0 Å². The lowest BCUT2D eigenvalue weighted by Crippen LogP contribution is -2.09. The molecule has 1 aromatic carbocycles. The van der Waals surface area contributed by atoms with Gasteiger partial charge in [0.05, 0.1) is 11.7 Å². The van der Waals surface area contributed by atoms with Crippen molar-refractivity contribution in [1.82, 2.24) is 0 Å². The van der Waals surface area contributed by atoms with Crippen molar-refractivity contribution in [2.24, 2.45) is 0 Å². The average molecular weight is 206 g/mol. The highest BCUT2D eigenvalue weighted by Crippen LogP contribution is 2.29. The monoisotopic (exact) mass is 206 g/mol. The molecule has 1 aliphatic heterocycles. The first-order valence-electron chi connectivity index (χ1n) is 4.66. The molecule has 0 bridgehead atoms. The summed E-state index contributed by atoms with van der Waals surface area (Å²) in [6, 6.07) is 4.87. The molecule has 4 nitrogen and oxygen atoms in total. The van der Waals surface area contributed by atoms with Crippen molar-refractivity contribution in [1.29, 1.82) is 0 Å². The van der Waals surface area contributed by atoms with Crippen LogP contribution in [0.25, 0.3) is 0 Å². The molecule has 0 spiro atoms. The smallest absolute Gasteiger partial charge is 0.350 e. The summed E-state index contributed by atoms with van der Waals surface area (Å²) >= 11 is 0. The zero-order chi connectivity index (χ0) is 11.0. The summed E-state index contributed by atoms with van der Waals surface area (Å²) < 4.78 is 9.92. The third kappa shape index (κ3) is 1.58. The average Bonchev–Trinajstić information content (AvgIpc) is 2.43. The van der Waals surface area contributed by atoms with E-state index >= 15 is 0 Å². The van der Waals surface area contributed by atoms with Crippen LogP contribution in [0.2, 0.25) is 0 Å². The Morgan fingerprint density at radius 1 is 1.20 bits per heavy atom. The van der Waals surface area contributed by atoms with Gasteiger partial charge in [-0.1, -0.05) is 6.07 Å². The van der Waals surface area contributed by atoms with Gasteiger partial charge in [0.25, 0.3) is 0 Å². The molecular formula is C11H10O4. The van der Waals surface area contributed by atoms with Crippen molar-refractivity contribution < 1.29 is 19.1 Å². The number of carbonyl (C=O) groups excluding carboxylic acids is 2. The van der Waals surface area contributed by atoms with Gasteiger partial charge in [-0.2, -0.15) is 0 Å². The van der Waals surface area contributed by atoms with E-state index in [1.165, 1.54) is 0 Å². The van der Waals surface area contributed by atoms with Crippen LogP contribution in [0.1, 0.15) is 34.6 Å². The molecule has 0 atom stereocenters. The summed E-state index contributed by atoms with van der Waals surface area (Å²) in [5.74, 6) is -0.839. The van der Waals surface area contributed by atoms with E-state index in [1.54, 1.807) is 18.2 Å². The minimum Gasteiger partial charge on any atom is -0.490 e.